The molecule has 0 bridgehead atoms. The molecule has 1 saturated carbocycles. The first-order chi connectivity index (χ1) is 17.1. The first kappa shape index (κ1) is 26.3. The monoisotopic (exact) mass is 515 g/mol. The molecule has 3 aromatic rings. The number of aliphatic hydroxyl groups excluding tert-OH is 1. The standard InChI is InChI=1S/C26H34ClN5O4/c1-14-23(22-15(2)32-36-16(22)3)30-25(31-24(14)29-17-10-26(4,11-17)34-6)20-9-19(7-8-21(20)27)35-13-18(33)12-28-5/h7-9,17-18,28,33H,10-13H2,1-6H3,(H,29,30,31)/t17?,18-,26?/m1/s1. The van der Waals surface area contributed by atoms with Crippen molar-refractivity contribution < 1.29 is 19.1 Å². The van der Waals surface area contributed by atoms with Gasteiger partial charge in [0.25, 0.3) is 0 Å². The van der Waals surface area contributed by atoms with E-state index in [0.717, 1.165) is 41.2 Å². The smallest absolute Gasteiger partial charge is 0.163 e. The zero-order valence-electron chi connectivity index (χ0n) is 21.6. The molecule has 0 amide bonds. The van der Waals surface area contributed by atoms with Crippen molar-refractivity contribution in [2.24, 2.45) is 0 Å². The molecule has 0 aliphatic heterocycles. The van der Waals surface area contributed by atoms with Crippen LogP contribution in [0.3, 0.4) is 0 Å². The summed E-state index contributed by atoms with van der Waals surface area (Å²) >= 11 is 6.61. The van der Waals surface area contributed by atoms with Gasteiger partial charge in [0.1, 0.15) is 30.0 Å². The van der Waals surface area contributed by atoms with Crippen molar-refractivity contribution in [1.82, 2.24) is 20.4 Å². The SMILES string of the molecule is CNC[C@@H](O)COc1ccc(Cl)c(-c2nc(NC3CC(C)(OC)C3)c(C)c(-c3c(C)noc3C)n2)c1. The fraction of sp³-hybridized carbons (Fsp3) is 0.500. The molecule has 194 valence electrons. The van der Waals surface area contributed by atoms with Gasteiger partial charge in [-0.05, 0) is 65.8 Å². The Balaban J connectivity index is 1.73. The van der Waals surface area contributed by atoms with Gasteiger partial charge in [-0.2, -0.15) is 0 Å². The number of aryl methyl sites for hydroxylation is 2. The lowest BCUT2D eigenvalue weighted by Crippen LogP contribution is -2.49. The predicted octanol–water partition coefficient (Wildman–Crippen LogP) is 4.32. The Morgan fingerprint density at radius 1 is 1.25 bits per heavy atom. The summed E-state index contributed by atoms with van der Waals surface area (Å²) in [6.45, 7) is 8.45. The number of likely N-dealkylation sites (N-methyl/N-ethyl adjacent to an activating group) is 1. The van der Waals surface area contributed by atoms with E-state index in [1.54, 1.807) is 32.4 Å². The number of nitrogens with zero attached hydrogens (tertiary/aromatic N) is 3. The quantitative estimate of drug-likeness (QED) is 0.363. The van der Waals surface area contributed by atoms with E-state index in [4.69, 9.17) is 35.6 Å². The van der Waals surface area contributed by atoms with Crippen molar-refractivity contribution in [3.8, 4) is 28.4 Å². The Hall–Kier alpha value is -2.72. The van der Waals surface area contributed by atoms with Crippen LogP contribution in [0.5, 0.6) is 5.75 Å². The number of methoxy groups -OCH3 is 1. The fourth-order valence-electron chi connectivity index (χ4n) is 4.54. The lowest BCUT2D eigenvalue weighted by molar-refractivity contribution is -0.0625. The van der Waals surface area contributed by atoms with Gasteiger partial charge in [0.2, 0.25) is 0 Å². The number of rotatable bonds is 10. The second-order valence-corrected chi connectivity index (χ2v) is 10.0. The van der Waals surface area contributed by atoms with Gasteiger partial charge in [0.05, 0.1) is 27.6 Å². The number of hydrogen-bond acceptors (Lipinski definition) is 9. The molecule has 9 nitrogen and oxygen atoms in total. The Morgan fingerprint density at radius 3 is 2.64 bits per heavy atom. The lowest BCUT2D eigenvalue weighted by Gasteiger charge is -2.44. The zero-order chi connectivity index (χ0) is 26.0. The van der Waals surface area contributed by atoms with Crippen molar-refractivity contribution in [2.75, 3.05) is 32.6 Å². The van der Waals surface area contributed by atoms with E-state index in [1.807, 2.05) is 20.8 Å². The van der Waals surface area contributed by atoms with Crippen LogP contribution in [0.25, 0.3) is 22.6 Å². The Kier molecular flexibility index (Phi) is 7.85. The van der Waals surface area contributed by atoms with Gasteiger partial charge >= 0.3 is 0 Å². The largest absolute Gasteiger partial charge is 0.491 e. The summed E-state index contributed by atoms with van der Waals surface area (Å²) < 4.78 is 16.9. The van der Waals surface area contributed by atoms with Crippen LogP contribution >= 0.6 is 11.6 Å². The van der Waals surface area contributed by atoms with Crippen LogP contribution in [0, 0.1) is 20.8 Å². The van der Waals surface area contributed by atoms with E-state index in [-0.39, 0.29) is 18.2 Å². The molecule has 10 heteroatoms. The van der Waals surface area contributed by atoms with Crippen LogP contribution in [0.1, 0.15) is 36.8 Å². The summed E-state index contributed by atoms with van der Waals surface area (Å²) in [5, 5.41) is 21.1. The number of nitrogens with one attached hydrogen (secondary N) is 2. The van der Waals surface area contributed by atoms with Crippen molar-refractivity contribution >= 4 is 17.4 Å². The van der Waals surface area contributed by atoms with Crippen LogP contribution in [0.15, 0.2) is 22.7 Å². The van der Waals surface area contributed by atoms with E-state index in [0.29, 0.717) is 34.5 Å². The maximum atomic E-state index is 10.0. The molecule has 0 saturated heterocycles. The third-order valence-corrected chi connectivity index (χ3v) is 7.00. The Morgan fingerprint density at radius 2 is 2.00 bits per heavy atom. The molecule has 1 atom stereocenters. The van der Waals surface area contributed by atoms with Crippen molar-refractivity contribution in [3.05, 3.63) is 40.2 Å². The molecule has 2 heterocycles. The van der Waals surface area contributed by atoms with Gasteiger partial charge in [-0.25, -0.2) is 9.97 Å². The van der Waals surface area contributed by atoms with Crippen LogP contribution in [-0.4, -0.2) is 65.3 Å². The Labute approximate surface area is 216 Å². The van der Waals surface area contributed by atoms with E-state index < -0.39 is 6.10 Å². The highest BCUT2D eigenvalue weighted by Gasteiger charge is 2.41. The molecule has 1 aliphatic rings. The fourth-order valence-corrected chi connectivity index (χ4v) is 4.74. The second kappa shape index (κ2) is 10.7. The predicted molar refractivity (Wildman–Crippen MR) is 140 cm³/mol. The Bertz CT molecular complexity index is 1210. The third-order valence-electron chi connectivity index (χ3n) is 6.67. The van der Waals surface area contributed by atoms with Crippen molar-refractivity contribution in [3.63, 3.8) is 0 Å². The molecule has 4 rings (SSSR count). The van der Waals surface area contributed by atoms with Gasteiger partial charge < -0.3 is 29.7 Å². The normalized spacial score (nSPS) is 20.2. The minimum Gasteiger partial charge on any atom is -0.491 e. The molecule has 0 spiro atoms. The van der Waals surface area contributed by atoms with Crippen LogP contribution in [-0.2, 0) is 4.74 Å². The van der Waals surface area contributed by atoms with Gasteiger partial charge in [-0.1, -0.05) is 16.8 Å². The van der Waals surface area contributed by atoms with E-state index in [9.17, 15) is 5.11 Å². The van der Waals surface area contributed by atoms with Crippen LogP contribution < -0.4 is 15.4 Å². The minimum absolute atomic E-state index is 0.126. The average molecular weight is 516 g/mol. The summed E-state index contributed by atoms with van der Waals surface area (Å²) in [6.07, 6.45) is 1.12. The van der Waals surface area contributed by atoms with E-state index >= 15 is 0 Å². The lowest BCUT2D eigenvalue weighted by atomic mass is 9.77. The van der Waals surface area contributed by atoms with Crippen molar-refractivity contribution in [2.45, 2.75) is 58.3 Å². The molecule has 36 heavy (non-hydrogen) atoms. The summed E-state index contributed by atoms with van der Waals surface area (Å²) in [5.41, 5.74) is 3.73. The first-order valence-corrected chi connectivity index (χ1v) is 12.4. The van der Waals surface area contributed by atoms with E-state index in [2.05, 4.69) is 22.7 Å². The molecular weight excluding hydrogens is 482 g/mol. The molecule has 3 N–H and O–H groups in total. The minimum atomic E-state index is -0.632. The van der Waals surface area contributed by atoms with Gasteiger partial charge in [-0.3, -0.25) is 0 Å². The number of halogens is 1. The number of ether oxygens (including phenoxy) is 2. The third kappa shape index (κ3) is 5.49. The van der Waals surface area contributed by atoms with Gasteiger partial charge in [-0.15, -0.1) is 0 Å². The molecule has 1 fully saturated rings. The maximum Gasteiger partial charge on any atom is 0.163 e. The molecule has 1 aromatic carbocycles. The summed E-state index contributed by atoms with van der Waals surface area (Å²) in [5.74, 6) is 2.43. The number of anilines is 1. The highest BCUT2D eigenvalue weighted by atomic mass is 35.5. The molecule has 0 unspecified atom stereocenters. The molecule has 0 radical (unpaired) electrons. The average Bonchev–Trinajstić information content (AvgIpc) is 3.16. The topological polar surface area (TPSA) is 115 Å². The number of benzene rings is 1. The second-order valence-electron chi connectivity index (χ2n) is 9.64. The first-order valence-electron chi connectivity index (χ1n) is 12.0. The highest BCUT2D eigenvalue weighted by molar-refractivity contribution is 6.33. The summed E-state index contributed by atoms with van der Waals surface area (Å²) in [4.78, 5) is 9.80. The molecule has 1 aliphatic carbocycles. The van der Waals surface area contributed by atoms with Gasteiger partial charge in [0.15, 0.2) is 5.82 Å². The molecule has 2 aromatic heterocycles. The van der Waals surface area contributed by atoms with E-state index in [1.165, 1.54) is 0 Å². The number of aromatic nitrogens is 3. The molecular formula is C26H34ClN5O4. The van der Waals surface area contributed by atoms with Crippen molar-refractivity contribution in [1.29, 1.82) is 0 Å². The van der Waals surface area contributed by atoms with Crippen LogP contribution in [0.2, 0.25) is 5.02 Å². The maximum absolute atomic E-state index is 10.0. The number of hydrogen-bond donors (Lipinski definition) is 3. The summed E-state index contributed by atoms with van der Waals surface area (Å²) in [6, 6.07) is 5.54. The van der Waals surface area contributed by atoms with Gasteiger partial charge in [0, 0.05) is 30.8 Å². The zero-order valence-corrected chi connectivity index (χ0v) is 22.4. The summed E-state index contributed by atoms with van der Waals surface area (Å²) in [7, 11) is 3.52. The highest BCUT2D eigenvalue weighted by Crippen LogP contribution is 2.40. The van der Waals surface area contributed by atoms with Crippen LogP contribution in [0.4, 0.5) is 5.82 Å². The number of aliphatic hydroxyl groups is 1.